The van der Waals surface area contributed by atoms with E-state index in [4.69, 9.17) is 0 Å². The molecular formula is C8H11N5O. The molecule has 74 valence electrons. The summed E-state index contributed by atoms with van der Waals surface area (Å²) in [5, 5.41) is 3.02. The molecule has 0 unspecified atom stereocenters. The molecule has 0 radical (unpaired) electrons. The Balaban J connectivity index is 1.79. The van der Waals surface area contributed by atoms with E-state index in [9.17, 15) is 4.79 Å². The van der Waals surface area contributed by atoms with Gasteiger partial charge in [0.1, 0.15) is 0 Å². The summed E-state index contributed by atoms with van der Waals surface area (Å²) in [6, 6.07) is 1.71. The Hall–Kier alpha value is -1.69. The van der Waals surface area contributed by atoms with E-state index < -0.39 is 0 Å². The minimum absolute atomic E-state index is 0.0313. The maximum Gasteiger partial charge on any atom is 0.244 e. The van der Waals surface area contributed by atoms with E-state index in [0.717, 1.165) is 13.1 Å². The van der Waals surface area contributed by atoms with Crippen molar-refractivity contribution in [2.24, 2.45) is 5.92 Å². The van der Waals surface area contributed by atoms with Crippen molar-refractivity contribution in [2.75, 3.05) is 18.5 Å². The Morgan fingerprint density at radius 2 is 2.14 bits per heavy atom. The third kappa shape index (κ3) is 1.97. The molecule has 1 aromatic heterocycles. The zero-order chi connectivity index (χ0) is 9.80. The third-order valence-electron chi connectivity index (χ3n) is 2.02. The van der Waals surface area contributed by atoms with Gasteiger partial charge in [0.25, 0.3) is 0 Å². The minimum atomic E-state index is -0.0313. The number of hydrogen-bond acceptors (Lipinski definition) is 5. The van der Waals surface area contributed by atoms with Crippen molar-refractivity contribution >= 4 is 11.9 Å². The number of carbonyl (C=O) groups is 1. The van der Waals surface area contributed by atoms with Gasteiger partial charge >= 0.3 is 0 Å². The van der Waals surface area contributed by atoms with Crippen LogP contribution in [-0.4, -0.2) is 29.0 Å². The van der Waals surface area contributed by atoms with Crippen LogP contribution in [0.15, 0.2) is 18.5 Å². The summed E-state index contributed by atoms with van der Waals surface area (Å²) in [5.41, 5.74) is 5.19. The fourth-order valence-electron chi connectivity index (χ4n) is 1.06. The second-order valence-electron chi connectivity index (χ2n) is 3.04. The van der Waals surface area contributed by atoms with Gasteiger partial charge in [0, 0.05) is 25.5 Å². The summed E-state index contributed by atoms with van der Waals surface area (Å²) in [4.78, 5) is 19.1. The average molecular weight is 193 g/mol. The van der Waals surface area contributed by atoms with Crippen LogP contribution in [0.5, 0.6) is 0 Å². The maximum atomic E-state index is 11.3. The summed E-state index contributed by atoms with van der Waals surface area (Å²) in [6.45, 7) is 1.48. The van der Waals surface area contributed by atoms with Crippen molar-refractivity contribution in [3.63, 3.8) is 0 Å². The van der Waals surface area contributed by atoms with Crippen LogP contribution in [-0.2, 0) is 4.79 Å². The quantitative estimate of drug-likeness (QED) is 0.544. The van der Waals surface area contributed by atoms with Crippen LogP contribution in [0.4, 0.5) is 5.95 Å². The lowest BCUT2D eigenvalue weighted by atomic mass is 10.0. The van der Waals surface area contributed by atoms with E-state index in [1.807, 2.05) is 0 Å². The number of nitrogens with one attached hydrogen (secondary N) is 3. The first kappa shape index (κ1) is 8.89. The first-order chi connectivity index (χ1) is 6.86. The summed E-state index contributed by atoms with van der Waals surface area (Å²) in [7, 11) is 0. The van der Waals surface area contributed by atoms with E-state index in [1.165, 1.54) is 0 Å². The molecule has 0 spiro atoms. The standard InChI is InChI=1S/C8H11N5O/c14-7(6-4-9-5-6)12-13-8-10-2-1-3-11-8/h1-3,6,9H,4-5H2,(H,12,14)(H,10,11,13). The molecule has 0 bridgehead atoms. The monoisotopic (exact) mass is 193 g/mol. The predicted octanol–water partition coefficient (Wildman–Crippen LogP) is -0.861. The molecule has 14 heavy (non-hydrogen) atoms. The molecule has 1 saturated heterocycles. The topological polar surface area (TPSA) is 78.9 Å². The van der Waals surface area contributed by atoms with Gasteiger partial charge in [-0.05, 0) is 6.07 Å². The highest BCUT2D eigenvalue weighted by molar-refractivity contribution is 5.80. The van der Waals surface area contributed by atoms with Gasteiger partial charge in [0.15, 0.2) is 0 Å². The van der Waals surface area contributed by atoms with Crippen LogP contribution in [0.1, 0.15) is 0 Å². The number of carbonyl (C=O) groups excluding carboxylic acids is 1. The van der Waals surface area contributed by atoms with Crippen LogP contribution in [0.3, 0.4) is 0 Å². The molecule has 3 N–H and O–H groups in total. The van der Waals surface area contributed by atoms with E-state index >= 15 is 0 Å². The minimum Gasteiger partial charge on any atom is -0.315 e. The summed E-state index contributed by atoms with van der Waals surface area (Å²) >= 11 is 0. The van der Waals surface area contributed by atoms with Gasteiger partial charge in [0.2, 0.25) is 11.9 Å². The molecule has 1 fully saturated rings. The zero-order valence-corrected chi connectivity index (χ0v) is 7.53. The Morgan fingerprint density at radius 3 is 2.71 bits per heavy atom. The van der Waals surface area contributed by atoms with Crippen LogP contribution in [0, 0.1) is 5.92 Å². The smallest absolute Gasteiger partial charge is 0.244 e. The van der Waals surface area contributed by atoms with Crippen LogP contribution in [0.2, 0.25) is 0 Å². The van der Waals surface area contributed by atoms with Gasteiger partial charge in [-0.2, -0.15) is 0 Å². The van der Waals surface area contributed by atoms with Crippen LogP contribution in [0.25, 0.3) is 0 Å². The number of amides is 1. The van der Waals surface area contributed by atoms with E-state index in [1.54, 1.807) is 18.5 Å². The molecule has 0 aliphatic carbocycles. The third-order valence-corrected chi connectivity index (χ3v) is 2.02. The molecule has 0 atom stereocenters. The highest BCUT2D eigenvalue weighted by Gasteiger charge is 2.24. The molecule has 6 nitrogen and oxygen atoms in total. The van der Waals surface area contributed by atoms with Crippen LogP contribution < -0.4 is 16.2 Å². The van der Waals surface area contributed by atoms with E-state index in [2.05, 4.69) is 26.1 Å². The largest absolute Gasteiger partial charge is 0.315 e. The first-order valence-electron chi connectivity index (χ1n) is 4.40. The predicted molar refractivity (Wildman–Crippen MR) is 50.2 cm³/mol. The summed E-state index contributed by atoms with van der Waals surface area (Å²) in [5.74, 6) is 0.426. The number of hydrogen-bond donors (Lipinski definition) is 3. The highest BCUT2D eigenvalue weighted by Crippen LogP contribution is 2.01. The molecule has 1 amide bonds. The molecule has 6 heteroatoms. The van der Waals surface area contributed by atoms with Crippen molar-refractivity contribution in [3.05, 3.63) is 18.5 Å². The van der Waals surface area contributed by atoms with E-state index in [0.29, 0.717) is 5.95 Å². The molecule has 1 aliphatic rings. The lowest BCUT2D eigenvalue weighted by Crippen LogP contribution is -2.51. The summed E-state index contributed by atoms with van der Waals surface area (Å²) < 4.78 is 0. The first-order valence-corrected chi connectivity index (χ1v) is 4.40. The Morgan fingerprint density at radius 1 is 1.43 bits per heavy atom. The average Bonchev–Trinajstić information content (AvgIpc) is 2.14. The molecular weight excluding hydrogens is 182 g/mol. The fourth-order valence-corrected chi connectivity index (χ4v) is 1.06. The van der Waals surface area contributed by atoms with Gasteiger partial charge in [-0.15, -0.1) is 0 Å². The molecule has 0 aromatic carbocycles. The SMILES string of the molecule is O=C(NNc1ncccn1)C1CNC1. The van der Waals surface area contributed by atoms with Gasteiger partial charge in [-0.1, -0.05) is 0 Å². The second kappa shape index (κ2) is 4.01. The Bertz CT molecular complexity index is 311. The molecule has 0 saturated carbocycles. The number of hydrazine groups is 1. The van der Waals surface area contributed by atoms with Gasteiger partial charge < -0.3 is 5.32 Å². The number of rotatable bonds is 3. The molecule has 1 aromatic rings. The maximum absolute atomic E-state index is 11.3. The zero-order valence-electron chi connectivity index (χ0n) is 7.53. The Kier molecular flexibility index (Phi) is 2.55. The van der Waals surface area contributed by atoms with Crippen molar-refractivity contribution in [2.45, 2.75) is 0 Å². The van der Waals surface area contributed by atoms with Gasteiger partial charge in [-0.25, -0.2) is 9.97 Å². The van der Waals surface area contributed by atoms with Gasteiger partial charge in [0.05, 0.1) is 5.92 Å². The molecule has 2 heterocycles. The van der Waals surface area contributed by atoms with Crippen molar-refractivity contribution < 1.29 is 4.79 Å². The highest BCUT2D eigenvalue weighted by atomic mass is 16.2. The van der Waals surface area contributed by atoms with Crippen molar-refractivity contribution in [1.82, 2.24) is 20.7 Å². The van der Waals surface area contributed by atoms with Crippen molar-refractivity contribution in [3.8, 4) is 0 Å². The number of aromatic nitrogens is 2. The molecule has 2 rings (SSSR count). The Labute approximate surface area is 81.1 Å². The normalized spacial score (nSPS) is 15.7. The fraction of sp³-hybridized carbons (Fsp3) is 0.375. The summed E-state index contributed by atoms with van der Waals surface area (Å²) in [6.07, 6.45) is 3.21. The lowest BCUT2D eigenvalue weighted by Gasteiger charge is -2.25. The van der Waals surface area contributed by atoms with E-state index in [-0.39, 0.29) is 11.8 Å². The van der Waals surface area contributed by atoms with Crippen molar-refractivity contribution in [1.29, 1.82) is 0 Å². The number of nitrogens with zero attached hydrogens (tertiary/aromatic N) is 2. The molecule has 1 aliphatic heterocycles. The van der Waals surface area contributed by atoms with Crippen LogP contribution >= 0.6 is 0 Å². The lowest BCUT2D eigenvalue weighted by molar-refractivity contribution is -0.125. The van der Waals surface area contributed by atoms with Gasteiger partial charge in [-0.3, -0.25) is 15.6 Å². The number of anilines is 1. The second-order valence-corrected chi connectivity index (χ2v) is 3.04.